The van der Waals surface area contributed by atoms with Gasteiger partial charge in [-0.15, -0.1) is 11.8 Å². The van der Waals surface area contributed by atoms with Gasteiger partial charge in [0.15, 0.2) is 0 Å². The van der Waals surface area contributed by atoms with Crippen LogP contribution in [-0.4, -0.2) is 5.75 Å². The first-order valence-electron chi connectivity index (χ1n) is 7.04. The van der Waals surface area contributed by atoms with Gasteiger partial charge in [-0.1, -0.05) is 28.1 Å². The first kappa shape index (κ1) is 15.1. The minimum atomic E-state index is -0.153. The molecule has 1 heterocycles. The molecule has 1 N–H and O–H groups in total. The third-order valence-electron chi connectivity index (χ3n) is 3.76. The molecule has 4 heteroatoms. The summed E-state index contributed by atoms with van der Waals surface area (Å²) < 4.78 is 14.6. The summed E-state index contributed by atoms with van der Waals surface area (Å²) in [4.78, 5) is 1.20. The zero-order valence-corrected chi connectivity index (χ0v) is 14.2. The van der Waals surface area contributed by atoms with Gasteiger partial charge in [-0.2, -0.15) is 0 Å². The van der Waals surface area contributed by atoms with E-state index in [0.717, 1.165) is 28.8 Å². The van der Waals surface area contributed by atoms with Crippen molar-refractivity contribution in [2.24, 2.45) is 0 Å². The van der Waals surface area contributed by atoms with E-state index in [2.05, 4.69) is 46.4 Å². The van der Waals surface area contributed by atoms with Crippen molar-refractivity contribution in [3.05, 3.63) is 63.4 Å². The lowest BCUT2D eigenvalue weighted by atomic mass is 10.0. The molecule has 0 saturated heterocycles. The SMILES string of the molecule is Cc1ccc(CNC2CCSc3ccc(F)cc32)c(Br)c1. The Morgan fingerprint density at radius 2 is 2.14 bits per heavy atom. The smallest absolute Gasteiger partial charge is 0.123 e. The Morgan fingerprint density at radius 1 is 1.29 bits per heavy atom. The predicted molar refractivity (Wildman–Crippen MR) is 90.2 cm³/mol. The Balaban J connectivity index is 1.76. The highest BCUT2D eigenvalue weighted by Crippen LogP contribution is 2.36. The Hall–Kier alpha value is -0.840. The van der Waals surface area contributed by atoms with Crippen LogP contribution >= 0.6 is 27.7 Å². The largest absolute Gasteiger partial charge is 0.306 e. The summed E-state index contributed by atoms with van der Waals surface area (Å²) in [7, 11) is 0. The van der Waals surface area contributed by atoms with Crippen molar-refractivity contribution in [3.63, 3.8) is 0 Å². The number of aryl methyl sites for hydroxylation is 1. The number of rotatable bonds is 3. The second-order valence-electron chi connectivity index (χ2n) is 5.35. The van der Waals surface area contributed by atoms with Gasteiger partial charge in [-0.25, -0.2) is 4.39 Å². The van der Waals surface area contributed by atoms with Crippen LogP contribution in [0.25, 0.3) is 0 Å². The highest BCUT2D eigenvalue weighted by atomic mass is 79.9. The molecule has 0 aromatic heterocycles. The molecule has 1 atom stereocenters. The summed E-state index contributed by atoms with van der Waals surface area (Å²) >= 11 is 5.42. The molecule has 21 heavy (non-hydrogen) atoms. The van der Waals surface area contributed by atoms with Crippen molar-refractivity contribution in [1.29, 1.82) is 0 Å². The number of benzene rings is 2. The number of nitrogens with one attached hydrogen (secondary N) is 1. The molecule has 2 aromatic carbocycles. The van der Waals surface area contributed by atoms with E-state index in [1.807, 2.05) is 17.8 Å². The number of fused-ring (bicyclic) bond motifs is 1. The fraction of sp³-hybridized carbons (Fsp3) is 0.294. The van der Waals surface area contributed by atoms with Gasteiger partial charge in [-0.05, 0) is 60.1 Å². The summed E-state index contributed by atoms with van der Waals surface area (Å²) in [5.41, 5.74) is 3.57. The molecule has 1 aliphatic heterocycles. The van der Waals surface area contributed by atoms with Crippen molar-refractivity contribution >= 4 is 27.7 Å². The average molecular weight is 366 g/mol. The van der Waals surface area contributed by atoms with Gasteiger partial charge in [0.2, 0.25) is 0 Å². The first-order chi connectivity index (χ1) is 10.1. The minimum absolute atomic E-state index is 0.153. The van der Waals surface area contributed by atoms with Crippen molar-refractivity contribution < 1.29 is 4.39 Å². The van der Waals surface area contributed by atoms with Gasteiger partial charge in [0.25, 0.3) is 0 Å². The highest BCUT2D eigenvalue weighted by Gasteiger charge is 2.21. The van der Waals surface area contributed by atoms with Crippen molar-refractivity contribution in [2.75, 3.05) is 5.75 Å². The zero-order valence-electron chi connectivity index (χ0n) is 11.8. The molecule has 3 rings (SSSR count). The van der Waals surface area contributed by atoms with Gasteiger partial charge in [0.05, 0.1) is 0 Å². The normalized spacial score (nSPS) is 17.6. The van der Waals surface area contributed by atoms with E-state index in [4.69, 9.17) is 0 Å². The van der Waals surface area contributed by atoms with Crippen molar-refractivity contribution in [2.45, 2.75) is 30.8 Å². The first-order valence-corrected chi connectivity index (χ1v) is 8.82. The Morgan fingerprint density at radius 3 is 2.95 bits per heavy atom. The van der Waals surface area contributed by atoms with Gasteiger partial charge in [0.1, 0.15) is 5.82 Å². The number of hydrogen-bond donors (Lipinski definition) is 1. The third-order valence-corrected chi connectivity index (χ3v) is 5.62. The molecular formula is C17H17BrFNS. The predicted octanol–water partition coefficient (Wildman–Crippen LogP) is 5.22. The fourth-order valence-electron chi connectivity index (χ4n) is 2.61. The van der Waals surface area contributed by atoms with E-state index < -0.39 is 0 Å². The summed E-state index contributed by atoms with van der Waals surface area (Å²) in [5.74, 6) is 0.922. The van der Waals surface area contributed by atoms with Crippen LogP contribution in [0.3, 0.4) is 0 Å². The fourth-order valence-corrected chi connectivity index (χ4v) is 4.35. The summed E-state index contributed by atoms with van der Waals surface area (Å²) in [5, 5.41) is 3.57. The van der Waals surface area contributed by atoms with Crippen LogP contribution in [0.4, 0.5) is 4.39 Å². The summed E-state index contributed by atoms with van der Waals surface area (Å²) in [6, 6.07) is 11.7. The second kappa shape index (κ2) is 6.51. The van der Waals surface area contributed by atoms with Crippen LogP contribution in [0.1, 0.15) is 29.2 Å². The van der Waals surface area contributed by atoms with Crippen LogP contribution in [0.2, 0.25) is 0 Å². The molecule has 110 valence electrons. The zero-order chi connectivity index (χ0) is 14.8. The average Bonchev–Trinajstić information content (AvgIpc) is 2.46. The molecule has 1 aliphatic rings. The Labute approximate surface area is 137 Å². The lowest BCUT2D eigenvalue weighted by Gasteiger charge is -2.26. The van der Waals surface area contributed by atoms with Crippen LogP contribution in [0.15, 0.2) is 45.8 Å². The quantitative estimate of drug-likeness (QED) is 0.799. The Bertz CT molecular complexity index is 659. The van der Waals surface area contributed by atoms with Gasteiger partial charge >= 0.3 is 0 Å². The molecule has 0 bridgehead atoms. The van der Waals surface area contributed by atoms with E-state index in [9.17, 15) is 4.39 Å². The molecule has 0 fully saturated rings. The van der Waals surface area contributed by atoms with E-state index in [1.165, 1.54) is 16.0 Å². The van der Waals surface area contributed by atoms with Crippen LogP contribution in [0, 0.1) is 12.7 Å². The maximum Gasteiger partial charge on any atom is 0.123 e. The van der Waals surface area contributed by atoms with E-state index in [-0.39, 0.29) is 11.9 Å². The topological polar surface area (TPSA) is 12.0 Å². The van der Waals surface area contributed by atoms with E-state index in [0.29, 0.717) is 0 Å². The van der Waals surface area contributed by atoms with Gasteiger partial charge < -0.3 is 5.32 Å². The number of hydrogen-bond acceptors (Lipinski definition) is 2. The molecule has 2 aromatic rings. The monoisotopic (exact) mass is 365 g/mol. The summed E-state index contributed by atoms with van der Waals surface area (Å²) in [6.45, 7) is 2.87. The Kier molecular flexibility index (Phi) is 4.67. The second-order valence-corrected chi connectivity index (χ2v) is 7.34. The maximum atomic E-state index is 13.5. The number of halogens is 2. The molecular weight excluding hydrogens is 349 g/mol. The number of thioether (sulfide) groups is 1. The summed E-state index contributed by atoms with van der Waals surface area (Å²) in [6.07, 6.45) is 1.03. The van der Waals surface area contributed by atoms with Crippen molar-refractivity contribution in [3.8, 4) is 0 Å². The third kappa shape index (κ3) is 3.50. The van der Waals surface area contributed by atoms with Gasteiger partial charge in [0, 0.05) is 22.0 Å². The standard InChI is InChI=1S/C17H17BrFNS/c1-11-2-3-12(15(18)8-11)10-20-16-6-7-21-17-5-4-13(19)9-14(16)17/h2-5,8-9,16,20H,6-7,10H2,1H3. The van der Waals surface area contributed by atoms with Gasteiger partial charge in [-0.3, -0.25) is 0 Å². The van der Waals surface area contributed by atoms with E-state index >= 15 is 0 Å². The lowest BCUT2D eigenvalue weighted by Crippen LogP contribution is -2.24. The molecule has 0 spiro atoms. The molecule has 0 radical (unpaired) electrons. The van der Waals surface area contributed by atoms with Crippen LogP contribution in [-0.2, 0) is 6.54 Å². The molecule has 0 saturated carbocycles. The molecule has 0 aliphatic carbocycles. The lowest BCUT2D eigenvalue weighted by molar-refractivity contribution is 0.504. The van der Waals surface area contributed by atoms with Crippen LogP contribution < -0.4 is 5.32 Å². The molecule has 0 amide bonds. The molecule has 1 unspecified atom stereocenters. The van der Waals surface area contributed by atoms with E-state index in [1.54, 1.807) is 12.1 Å². The molecule has 1 nitrogen and oxygen atoms in total. The maximum absolute atomic E-state index is 13.5. The highest BCUT2D eigenvalue weighted by molar-refractivity contribution is 9.10. The minimum Gasteiger partial charge on any atom is -0.306 e. The van der Waals surface area contributed by atoms with Crippen molar-refractivity contribution in [1.82, 2.24) is 5.32 Å². The van der Waals surface area contributed by atoms with Crippen LogP contribution in [0.5, 0.6) is 0 Å².